The van der Waals surface area contributed by atoms with Crippen molar-refractivity contribution in [2.75, 3.05) is 32.8 Å². The second kappa shape index (κ2) is 7.11. The van der Waals surface area contributed by atoms with E-state index >= 15 is 0 Å². The molecule has 3 rings (SSSR count). The predicted octanol–water partition coefficient (Wildman–Crippen LogP) is 1.29. The second-order valence-electron chi connectivity index (χ2n) is 5.59. The highest BCUT2D eigenvalue weighted by Crippen LogP contribution is 2.23. The van der Waals surface area contributed by atoms with Crippen molar-refractivity contribution in [1.29, 1.82) is 0 Å². The largest absolute Gasteiger partial charge is 0.380 e. The molecule has 2 aliphatic heterocycles. The number of hydrogen-bond donors (Lipinski definition) is 0. The molecule has 2 saturated heterocycles. The van der Waals surface area contributed by atoms with Gasteiger partial charge in [-0.15, -0.1) is 0 Å². The molecule has 20 heavy (non-hydrogen) atoms. The smallest absolute Gasteiger partial charge is 0.130 e. The molecule has 2 aliphatic rings. The highest BCUT2D eigenvalue weighted by molar-refractivity contribution is 4.92. The Morgan fingerprint density at radius 3 is 2.85 bits per heavy atom. The van der Waals surface area contributed by atoms with Gasteiger partial charge in [-0.05, 0) is 25.3 Å². The van der Waals surface area contributed by atoms with Crippen molar-refractivity contribution in [3.63, 3.8) is 0 Å². The molecule has 0 N–H and O–H groups in total. The van der Waals surface area contributed by atoms with E-state index in [0.29, 0.717) is 6.10 Å². The zero-order chi connectivity index (χ0) is 13.6. The summed E-state index contributed by atoms with van der Waals surface area (Å²) in [5, 5.41) is 0. The molecule has 0 bridgehead atoms. The van der Waals surface area contributed by atoms with Crippen LogP contribution in [0.2, 0.25) is 0 Å². The normalized spacial score (nSPS) is 28.4. The van der Waals surface area contributed by atoms with Crippen molar-refractivity contribution in [2.45, 2.75) is 37.9 Å². The monoisotopic (exact) mass is 277 g/mol. The summed E-state index contributed by atoms with van der Waals surface area (Å²) < 4.78 is 11.6. The molecule has 1 aromatic heterocycles. The van der Waals surface area contributed by atoms with Crippen LogP contribution in [0, 0.1) is 0 Å². The van der Waals surface area contributed by atoms with Gasteiger partial charge in [0.25, 0.3) is 0 Å². The number of aromatic nitrogens is 2. The van der Waals surface area contributed by atoms with Crippen LogP contribution in [0.3, 0.4) is 0 Å². The van der Waals surface area contributed by atoms with E-state index in [1.54, 1.807) is 12.4 Å². The number of hydrogen-bond acceptors (Lipinski definition) is 5. The molecule has 0 aromatic carbocycles. The maximum absolute atomic E-state index is 6.15. The highest BCUT2D eigenvalue weighted by atomic mass is 16.5. The van der Waals surface area contributed by atoms with Crippen molar-refractivity contribution in [3.05, 3.63) is 24.3 Å². The van der Waals surface area contributed by atoms with Gasteiger partial charge < -0.3 is 9.47 Å². The van der Waals surface area contributed by atoms with E-state index in [1.807, 2.05) is 6.07 Å². The van der Waals surface area contributed by atoms with Crippen LogP contribution < -0.4 is 0 Å². The summed E-state index contributed by atoms with van der Waals surface area (Å²) in [5.41, 5.74) is 0. The van der Waals surface area contributed by atoms with Crippen LogP contribution in [0.4, 0.5) is 0 Å². The Morgan fingerprint density at radius 2 is 1.95 bits per heavy atom. The van der Waals surface area contributed by atoms with E-state index < -0.39 is 0 Å². The van der Waals surface area contributed by atoms with Crippen LogP contribution in [-0.4, -0.2) is 59.9 Å². The average molecular weight is 277 g/mol. The minimum Gasteiger partial charge on any atom is -0.380 e. The molecule has 5 nitrogen and oxygen atoms in total. The first-order valence-corrected chi connectivity index (χ1v) is 7.61. The first-order chi connectivity index (χ1) is 9.90. The number of nitrogens with zero attached hydrogens (tertiary/aromatic N) is 3. The lowest BCUT2D eigenvalue weighted by atomic mass is 10.1. The van der Waals surface area contributed by atoms with Gasteiger partial charge in [-0.25, -0.2) is 9.97 Å². The van der Waals surface area contributed by atoms with Crippen LogP contribution in [0.15, 0.2) is 18.5 Å². The zero-order valence-electron chi connectivity index (χ0n) is 11.9. The van der Waals surface area contributed by atoms with Gasteiger partial charge in [0, 0.05) is 45.1 Å². The summed E-state index contributed by atoms with van der Waals surface area (Å²) in [4.78, 5) is 11.0. The quantitative estimate of drug-likeness (QED) is 0.830. The van der Waals surface area contributed by atoms with Crippen molar-refractivity contribution >= 4 is 0 Å². The van der Waals surface area contributed by atoms with Crippen LogP contribution in [-0.2, 0) is 15.9 Å². The Kier molecular flexibility index (Phi) is 4.95. The van der Waals surface area contributed by atoms with E-state index in [1.165, 1.54) is 0 Å². The Balaban J connectivity index is 1.44. The minimum absolute atomic E-state index is 0.283. The maximum atomic E-state index is 6.15. The molecule has 2 atom stereocenters. The van der Waals surface area contributed by atoms with Crippen molar-refractivity contribution < 1.29 is 9.47 Å². The molecular formula is C15H23N3O2. The van der Waals surface area contributed by atoms with Crippen LogP contribution in [0.1, 0.15) is 25.1 Å². The molecule has 0 saturated carbocycles. The van der Waals surface area contributed by atoms with Gasteiger partial charge in [0.2, 0.25) is 0 Å². The van der Waals surface area contributed by atoms with Gasteiger partial charge in [0.05, 0.1) is 18.8 Å². The lowest BCUT2D eigenvalue weighted by Gasteiger charge is -2.23. The zero-order valence-corrected chi connectivity index (χ0v) is 11.9. The Morgan fingerprint density at radius 1 is 1.10 bits per heavy atom. The van der Waals surface area contributed by atoms with E-state index in [9.17, 15) is 0 Å². The molecule has 2 fully saturated rings. The molecule has 5 heteroatoms. The molecule has 0 radical (unpaired) electrons. The van der Waals surface area contributed by atoms with Gasteiger partial charge in [-0.1, -0.05) is 0 Å². The van der Waals surface area contributed by atoms with E-state index in [0.717, 1.165) is 64.4 Å². The third-order valence-corrected chi connectivity index (χ3v) is 4.00. The summed E-state index contributed by atoms with van der Waals surface area (Å²) in [6.07, 6.45) is 8.47. The molecule has 0 aliphatic carbocycles. The van der Waals surface area contributed by atoms with Crippen LogP contribution in [0.25, 0.3) is 0 Å². The maximum Gasteiger partial charge on any atom is 0.130 e. The fourth-order valence-electron chi connectivity index (χ4n) is 2.97. The Labute approximate surface area is 120 Å². The number of ether oxygens (including phenoxy) is 2. The molecule has 1 aromatic rings. The SMILES string of the molecule is c1cnc(C[C@@H]2CC[C@H](CN3CCCOCC3)O2)nc1. The van der Waals surface area contributed by atoms with E-state index in [-0.39, 0.29) is 6.10 Å². The average Bonchev–Trinajstić information content (AvgIpc) is 2.74. The van der Waals surface area contributed by atoms with Gasteiger partial charge in [0.15, 0.2) is 0 Å². The van der Waals surface area contributed by atoms with Gasteiger partial charge in [-0.3, -0.25) is 4.90 Å². The Bertz CT molecular complexity index is 393. The first-order valence-electron chi connectivity index (χ1n) is 7.61. The second-order valence-corrected chi connectivity index (χ2v) is 5.59. The number of rotatable bonds is 4. The predicted molar refractivity (Wildman–Crippen MR) is 75.5 cm³/mol. The summed E-state index contributed by atoms with van der Waals surface area (Å²) >= 11 is 0. The van der Waals surface area contributed by atoms with Crippen LogP contribution in [0.5, 0.6) is 0 Å². The fraction of sp³-hybridized carbons (Fsp3) is 0.733. The molecule has 0 unspecified atom stereocenters. The fourth-order valence-corrected chi connectivity index (χ4v) is 2.97. The Hall–Kier alpha value is -1.04. The third kappa shape index (κ3) is 3.98. The summed E-state index contributed by atoms with van der Waals surface area (Å²) in [5.74, 6) is 0.890. The molecule has 3 heterocycles. The van der Waals surface area contributed by atoms with Crippen molar-refractivity contribution in [3.8, 4) is 0 Å². The van der Waals surface area contributed by atoms with Gasteiger partial charge in [-0.2, -0.15) is 0 Å². The lowest BCUT2D eigenvalue weighted by molar-refractivity contribution is 0.0220. The summed E-state index contributed by atoms with van der Waals surface area (Å²) in [7, 11) is 0. The molecule has 0 amide bonds. The van der Waals surface area contributed by atoms with Crippen LogP contribution >= 0.6 is 0 Å². The van der Waals surface area contributed by atoms with Crippen molar-refractivity contribution in [1.82, 2.24) is 14.9 Å². The third-order valence-electron chi connectivity index (χ3n) is 4.00. The van der Waals surface area contributed by atoms with Crippen molar-refractivity contribution in [2.24, 2.45) is 0 Å². The standard InChI is InChI=1S/C15H23N3O2/c1-5-16-15(17-6-1)11-13-3-4-14(20-13)12-18-7-2-9-19-10-8-18/h1,5-6,13-14H,2-4,7-12H2/t13-,14+/m0/s1. The van der Waals surface area contributed by atoms with E-state index in [2.05, 4.69) is 14.9 Å². The summed E-state index contributed by atoms with van der Waals surface area (Å²) in [6, 6.07) is 1.85. The first kappa shape index (κ1) is 13.9. The topological polar surface area (TPSA) is 47.5 Å². The molecular weight excluding hydrogens is 254 g/mol. The molecule has 110 valence electrons. The van der Waals surface area contributed by atoms with Gasteiger partial charge >= 0.3 is 0 Å². The molecule has 0 spiro atoms. The van der Waals surface area contributed by atoms with Gasteiger partial charge in [0.1, 0.15) is 5.82 Å². The van der Waals surface area contributed by atoms with E-state index in [4.69, 9.17) is 9.47 Å². The lowest BCUT2D eigenvalue weighted by Crippen LogP contribution is -2.34. The summed E-state index contributed by atoms with van der Waals surface area (Å²) in [6.45, 7) is 4.96. The minimum atomic E-state index is 0.283. The highest BCUT2D eigenvalue weighted by Gasteiger charge is 2.27.